The van der Waals surface area contributed by atoms with Crippen LogP contribution in [-0.2, 0) is 11.2 Å². The number of benzene rings is 2. The largest absolute Gasteiger partial charge is 0.449 e. The third kappa shape index (κ3) is 4.45. The van der Waals surface area contributed by atoms with Gasteiger partial charge >= 0.3 is 0 Å². The van der Waals surface area contributed by atoms with Gasteiger partial charge in [-0.1, -0.05) is 48.9 Å². The molecule has 0 saturated carbocycles. The zero-order chi connectivity index (χ0) is 22.0. The lowest BCUT2D eigenvalue weighted by molar-refractivity contribution is -0.117. The van der Waals surface area contributed by atoms with Gasteiger partial charge in [0.1, 0.15) is 0 Å². The smallest absolute Gasteiger partial charge is 0.289 e. The number of piperazine rings is 1. The van der Waals surface area contributed by atoms with Gasteiger partial charge in [0.25, 0.3) is 5.91 Å². The predicted molar refractivity (Wildman–Crippen MR) is 123 cm³/mol. The average molecular weight is 440 g/mol. The summed E-state index contributed by atoms with van der Waals surface area (Å²) in [5.41, 5.74) is 3.34. The molecule has 162 valence electrons. The van der Waals surface area contributed by atoms with Gasteiger partial charge < -0.3 is 14.6 Å². The minimum atomic E-state index is -0.134. The Balaban J connectivity index is 1.35. The number of rotatable bonds is 5. The van der Waals surface area contributed by atoms with Gasteiger partial charge in [0.2, 0.25) is 5.91 Å². The van der Waals surface area contributed by atoms with Crippen molar-refractivity contribution in [1.82, 2.24) is 9.80 Å². The molecule has 3 aromatic rings. The molecule has 0 radical (unpaired) electrons. The number of hydrogen-bond donors (Lipinski definition) is 1. The Morgan fingerprint density at radius 1 is 1.06 bits per heavy atom. The van der Waals surface area contributed by atoms with Crippen molar-refractivity contribution in [2.45, 2.75) is 20.3 Å². The Morgan fingerprint density at radius 3 is 2.52 bits per heavy atom. The fourth-order valence-corrected chi connectivity index (χ4v) is 4.22. The normalized spacial score (nSPS) is 14.7. The molecule has 0 atom stereocenters. The highest BCUT2D eigenvalue weighted by atomic mass is 35.5. The minimum absolute atomic E-state index is 0.0385. The molecule has 1 aliphatic rings. The van der Waals surface area contributed by atoms with Crippen LogP contribution in [0.25, 0.3) is 11.0 Å². The van der Waals surface area contributed by atoms with Crippen LogP contribution in [0.15, 0.2) is 46.9 Å². The van der Waals surface area contributed by atoms with Crippen LogP contribution in [0.3, 0.4) is 0 Å². The highest BCUT2D eigenvalue weighted by Gasteiger charge is 2.27. The minimum Gasteiger partial charge on any atom is -0.449 e. The quantitative estimate of drug-likeness (QED) is 0.641. The van der Waals surface area contributed by atoms with Crippen LogP contribution in [0.4, 0.5) is 5.69 Å². The van der Waals surface area contributed by atoms with E-state index in [1.807, 2.05) is 43.3 Å². The van der Waals surface area contributed by atoms with Crippen molar-refractivity contribution >= 4 is 40.1 Å². The van der Waals surface area contributed by atoms with Gasteiger partial charge in [0.15, 0.2) is 11.3 Å². The molecular weight excluding hydrogens is 414 g/mol. The van der Waals surface area contributed by atoms with Crippen molar-refractivity contribution in [2.75, 3.05) is 38.0 Å². The van der Waals surface area contributed by atoms with Crippen molar-refractivity contribution in [3.8, 4) is 0 Å². The van der Waals surface area contributed by atoms with Gasteiger partial charge in [0, 0.05) is 42.8 Å². The Bertz CT molecular complexity index is 1120. The molecule has 0 bridgehead atoms. The average Bonchev–Trinajstić information content (AvgIpc) is 3.12. The molecule has 31 heavy (non-hydrogen) atoms. The van der Waals surface area contributed by atoms with Crippen LogP contribution in [-0.4, -0.2) is 54.3 Å². The van der Waals surface area contributed by atoms with E-state index in [9.17, 15) is 9.59 Å². The lowest BCUT2D eigenvalue weighted by Crippen LogP contribution is -2.50. The van der Waals surface area contributed by atoms with Crippen LogP contribution in [0.5, 0.6) is 0 Å². The fraction of sp³-hybridized carbons (Fsp3) is 0.333. The monoisotopic (exact) mass is 439 g/mol. The van der Waals surface area contributed by atoms with Crippen LogP contribution >= 0.6 is 11.6 Å². The van der Waals surface area contributed by atoms with E-state index in [0.29, 0.717) is 49.1 Å². The number of nitrogens with one attached hydrogen (secondary N) is 1. The van der Waals surface area contributed by atoms with Crippen molar-refractivity contribution < 1.29 is 14.0 Å². The first kappa shape index (κ1) is 21.4. The molecule has 2 amide bonds. The Morgan fingerprint density at radius 2 is 1.81 bits per heavy atom. The standard InChI is InChI=1S/C24H26ClN3O3/c1-3-17-7-4-5-10-20(17)26-21(29)15-27-11-13-28(14-12-27)24(30)22-16(2)18-8-6-9-19(25)23(18)31-22/h4-10H,3,11-15H2,1-2H3,(H,26,29). The van der Waals surface area contributed by atoms with Crippen molar-refractivity contribution in [3.63, 3.8) is 0 Å². The van der Waals surface area contributed by atoms with E-state index in [1.54, 1.807) is 11.0 Å². The number of nitrogens with zero attached hydrogens (tertiary/aromatic N) is 2. The number of para-hydroxylation sites is 2. The van der Waals surface area contributed by atoms with E-state index in [1.165, 1.54) is 0 Å². The first-order valence-corrected chi connectivity index (χ1v) is 10.9. The van der Waals surface area contributed by atoms with Crippen LogP contribution in [0.2, 0.25) is 5.02 Å². The third-order valence-corrected chi connectivity index (χ3v) is 6.11. The highest BCUT2D eigenvalue weighted by molar-refractivity contribution is 6.35. The number of carbonyl (C=O) groups is 2. The second-order valence-corrected chi connectivity index (χ2v) is 8.21. The maximum absolute atomic E-state index is 13.0. The number of anilines is 1. The predicted octanol–water partition coefficient (Wildman–Crippen LogP) is 4.35. The van der Waals surface area contributed by atoms with Gasteiger partial charge in [0.05, 0.1) is 11.6 Å². The number of aryl methyl sites for hydroxylation is 2. The lowest BCUT2D eigenvalue weighted by Gasteiger charge is -2.34. The van der Waals surface area contributed by atoms with E-state index in [4.69, 9.17) is 16.0 Å². The van der Waals surface area contributed by atoms with Gasteiger partial charge in [-0.15, -0.1) is 0 Å². The third-order valence-electron chi connectivity index (χ3n) is 5.81. The topological polar surface area (TPSA) is 65.8 Å². The molecule has 1 aliphatic heterocycles. The van der Waals surface area contributed by atoms with Gasteiger partial charge in [-0.25, -0.2) is 0 Å². The molecule has 2 heterocycles. The molecule has 2 aromatic carbocycles. The highest BCUT2D eigenvalue weighted by Crippen LogP contribution is 2.31. The van der Waals surface area contributed by atoms with Crippen molar-refractivity contribution in [1.29, 1.82) is 0 Å². The number of fused-ring (bicyclic) bond motifs is 1. The maximum Gasteiger partial charge on any atom is 0.289 e. The Labute approximate surface area is 186 Å². The summed E-state index contributed by atoms with van der Waals surface area (Å²) in [6.45, 7) is 6.61. The van der Waals surface area contributed by atoms with Crippen molar-refractivity contribution in [2.24, 2.45) is 0 Å². The maximum atomic E-state index is 13.0. The summed E-state index contributed by atoms with van der Waals surface area (Å²) in [7, 11) is 0. The van der Waals surface area contributed by atoms with Crippen molar-refractivity contribution in [3.05, 3.63) is 64.4 Å². The van der Waals surface area contributed by atoms with E-state index in [-0.39, 0.29) is 11.8 Å². The number of carbonyl (C=O) groups excluding carboxylic acids is 2. The van der Waals surface area contributed by atoms with Gasteiger partial charge in [-0.05, 0) is 31.0 Å². The van der Waals surface area contributed by atoms with Crippen LogP contribution in [0.1, 0.15) is 28.6 Å². The second-order valence-electron chi connectivity index (χ2n) is 7.80. The molecule has 1 fully saturated rings. The summed E-state index contributed by atoms with van der Waals surface area (Å²) >= 11 is 6.21. The summed E-state index contributed by atoms with van der Waals surface area (Å²) < 4.78 is 5.82. The molecule has 0 aliphatic carbocycles. The summed E-state index contributed by atoms with van der Waals surface area (Å²) in [5.74, 6) is 0.166. The summed E-state index contributed by atoms with van der Waals surface area (Å²) in [6, 6.07) is 13.4. The van der Waals surface area contributed by atoms with E-state index < -0.39 is 0 Å². The molecule has 4 rings (SSSR count). The first-order valence-electron chi connectivity index (χ1n) is 10.5. The Kier molecular flexibility index (Phi) is 6.30. The van der Waals surface area contributed by atoms with E-state index in [0.717, 1.165) is 28.6 Å². The number of furan rings is 1. The van der Waals surface area contributed by atoms with Crippen LogP contribution < -0.4 is 5.32 Å². The summed E-state index contributed by atoms with van der Waals surface area (Å²) in [5, 5.41) is 4.37. The molecule has 0 spiro atoms. The first-order chi connectivity index (χ1) is 15.0. The van der Waals surface area contributed by atoms with E-state index >= 15 is 0 Å². The molecule has 1 N–H and O–H groups in total. The molecule has 1 aromatic heterocycles. The molecule has 6 nitrogen and oxygen atoms in total. The number of halogens is 1. The molecule has 7 heteroatoms. The zero-order valence-electron chi connectivity index (χ0n) is 17.8. The SMILES string of the molecule is CCc1ccccc1NC(=O)CN1CCN(C(=O)c2oc3c(Cl)cccc3c2C)CC1. The summed E-state index contributed by atoms with van der Waals surface area (Å²) in [6.07, 6.45) is 0.865. The Hall–Kier alpha value is -2.83. The summed E-state index contributed by atoms with van der Waals surface area (Å²) in [4.78, 5) is 29.4. The lowest BCUT2D eigenvalue weighted by atomic mass is 10.1. The van der Waals surface area contributed by atoms with Crippen LogP contribution in [0, 0.1) is 6.92 Å². The number of amides is 2. The zero-order valence-corrected chi connectivity index (χ0v) is 18.5. The molecular formula is C24H26ClN3O3. The fourth-order valence-electron chi connectivity index (χ4n) is 4.01. The van der Waals surface area contributed by atoms with Gasteiger partial charge in [-0.3, -0.25) is 14.5 Å². The number of hydrogen-bond acceptors (Lipinski definition) is 4. The molecule has 0 unspecified atom stereocenters. The van der Waals surface area contributed by atoms with E-state index in [2.05, 4.69) is 17.1 Å². The molecule has 1 saturated heterocycles. The second kappa shape index (κ2) is 9.12. The van der Waals surface area contributed by atoms with Gasteiger partial charge in [-0.2, -0.15) is 0 Å².